The lowest BCUT2D eigenvalue weighted by molar-refractivity contribution is -0.127. The molecule has 1 amide bonds. The number of carbonyl (C=O) groups excluding carboxylic acids is 1. The Hall–Kier alpha value is -0.610. The van der Waals surface area contributed by atoms with Gasteiger partial charge < -0.3 is 10.4 Å². The van der Waals surface area contributed by atoms with Crippen molar-refractivity contribution in [2.75, 3.05) is 13.2 Å². The highest BCUT2D eigenvalue weighted by Gasteiger charge is 2.35. The van der Waals surface area contributed by atoms with E-state index in [0.29, 0.717) is 18.6 Å². The third kappa shape index (κ3) is 3.69. The zero-order chi connectivity index (χ0) is 13.0. The molecule has 0 bridgehead atoms. The Morgan fingerprint density at radius 1 is 1.28 bits per heavy atom. The van der Waals surface area contributed by atoms with Gasteiger partial charge in [-0.3, -0.25) is 9.69 Å². The first kappa shape index (κ1) is 13.8. The summed E-state index contributed by atoms with van der Waals surface area (Å²) in [5.74, 6) is 0.141. The first-order valence-electron chi connectivity index (χ1n) is 7.39. The molecule has 4 nitrogen and oxygen atoms in total. The highest BCUT2D eigenvalue weighted by Crippen LogP contribution is 2.28. The van der Waals surface area contributed by atoms with Crippen molar-refractivity contribution in [3.05, 3.63) is 0 Å². The van der Waals surface area contributed by atoms with Crippen molar-refractivity contribution in [3.63, 3.8) is 0 Å². The van der Waals surface area contributed by atoms with Crippen LogP contribution in [0.3, 0.4) is 0 Å². The molecule has 2 saturated carbocycles. The van der Waals surface area contributed by atoms with Gasteiger partial charge in [-0.25, -0.2) is 0 Å². The molecule has 0 aromatic rings. The van der Waals surface area contributed by atoms with Crippen molar-refractivity contribution in [1.82, 2.24) is 10.2 Å². The van der Waals surface area contributed by atoms with E-state index in [1.807, 2.05) is 6.92 Å². The summed E-state index contributed by atoms with van der Waals surface area (Å²) >= 11 is 0. The molecule has 2 N–H and O–H groups in total. The van der Waals surface area contributed by atoms with Gasteiger partial charge in [0.1, 0.15) is 0 Å². The standard InChI is InChI=1S/C14H26N2O2/c1-11(16(9-10-17)13-7-8-13)14(18)15-12-5-3-2-4-6-12/h11-13,17H,2-10H2,1H3,(H,15,18). The van der Waals surface area contributed by atoms with E-state index in [9.17, 15) is 4.79 Å². The largest absolute Gasteiger partial charge is 0.395 e. The summed E-state index contributed by atoms with van der Waals surface area (Å²) < 4.78 is 0. The predicted octanol–water partition coefficient (Wildman–Crippen LogP) is 1.28. The average molecular weight is 254 g/mol. The number of aliphatic hydroxyl groups excluding tert-OH is 1. The van der Waals surface area contributed by atoms with Crippen LogP contribution in [0.5, 0.6) is 0 Å². The SMILES string of the molecule is CC(C(=O)NC1CCCCC1)N(CCO)C1CC1. The smallest absolute Gasteiger partial charge is 0.237 e. The van der Waals surface area contributed by atoms with Crippen molar-refractivity contribution in [1.29, 1.82) is 0 Å². The fourth-order valence-electron chi connectivity index (χ4n) is 2.93. The molecule has 0 aromatic heterocycles. The minimum atomic E-state index is -0.105. The maximum atomic E-state index is 12.2. The lowest BCUT2D eigenvalue weighted by atomic mass is 9.95. The van der Waals surface area contributed by atoms with Crippen molar-refractivity contribution in [2.45, 2.75) is 70.0 Å². The summed E-state index contributed by atoms with van der Waals surface area (Å²) in [6.45, 7) is 2.72. The van der Waals surface area contributed by atoms with Crippen molar-refractivity contribution < 1.29 is 9.90 Å². The van der Waals surface area contributed by atoms with Gasteiger partial charge in [-0.15, -0.1) is 0 Å². The minimum absolute atomic E-state index is 0.105. The number of amides is 1. The molecule has 18 heavy (non-hydrogen) atoms. The first-order chi connectivity index (χ1) is 8.72. The molecule has 1 atom stereocenters. The van der Waals surface area contributed by atoms with E-state index in [2.05, 4.69) is 10.2 Å². The zero-order valence-corrected chi connectivity index (χ0v) is 11.4. The Balaban J connectivity index is 1.81. The summed E-state index contributed by atoms with van der Waals surface area (Å²) in [7, 11) is 0. The molecule has 1 unspecified atom stereocenters. The van der Waals surface area contributed by atoms with Crippen LogP contribution in [0.25, 0.3) is 0 Å². The van der Waals surface area contributed by atoms with E-state index in [1.54, 1.807) is 0 Å². The first-order valence-corrected chi connectivity index (χ1v) is 7.39. The minimum Gasteiger partial charge on any atom is -0.395 e. The normalized spacial score (nSPS) is 23.1. The average Bonchev–Trinajstić information content (AvgIpc) is 3.20. The van der Waals surface area contributed by atoms with Crippen LogP contribution in [0.15, 0.2) is 0 Å². The van der Waals surface area contributed by atoms with Crippen LogP contribution in [-0.4, -0.2) is 47.2 Å². The topological polar surface area (TPSA) is 52.6 Å². The van der Waals surface area contributed by atoms with Gasteiger partial charge in [0.2, 0.25) is 5.91 Å². The molecule has 2 rings (SSSR count). The van der Waals surface area contributed by atoms with Crippen LogP contribution in [0, 0.1) is 0 Å². The predicted molar refractivity (Wildman–Crippen MR) is 71.3 cm³/mol. The maximum Gasteiger partial charge on any atom is 0.237 e. The summed E-state index contributed by atoms with van der Waals surface area (Å²) in [5.41, 5.74) is 0. The maximum absolute atomic E-state index is 12.2. The molecular weight excluding hydrogens is 228 g/mol. The van der Waals surface area contributed by atoms with E-state index in [1.165, 1.54) is 32.1 Å². The van der Waals surface area contributed by atoms with Crippen molar-refractivity contribution in [3.8, 4) is 0 Å². The molecule has 0 aliphatic heterocycles. The Bertz CT molecular complexity index is 273. The lowest BCUT2D eigenvalue weighted by Crippen LogP contribution is -2.50. The van der Waals surface area contributed by atoms with Crippen LogP contribution >= 0.6 is 0 Å². The van der Waals surface area contributed by atoms with E-state index >= 15 is 0 Å². The number of nitrogens with zero attached hydrogens (tertiary/aromatic N) is 1. The molecule has 4 heteroatoms. The highest BCUT2D eigenvalue weighted by molar-refractivity contribution is 5.81. The third-order valence-corrected chi connectivity index (χ3v) is 4.20. The van der Waals surface area contributed by atoms with E-state index in [-0.39, 0.29) is 18.6 Å². The Labute approximate surface area is 110 Å². The second-order valence-electron chi connectivity index (χ2n) is 5.71. The Morgan fingerprint density at radius 3 is 2.50 bits per heavy atom. The molecule has 104 valence electrons. The number of hydrogen-bond acceptors (Lipinski definition) is 3. The van der Waals surface area contributed by atoms with Crippen LogP contribution < -0.4 is 5.32 Å². The second kappa shape index (κ2) is 6.53. The number of hydrogen-bond donors (Lipinski definition) is 2. The number of rotatable bonds is 6. The summed E-state index contributed by atoms with van der Waals surface area (Å²) in [6, 6.07) is 0.791. The van der Waals surface area contributed by atoms with Gasteiger partial charge in [0.15, 0.2) is 0 Å². The fraction of sp³-hybridized carbons (Fsp3) is 0.929. The van der Waals surface area contributed by atoms with Crippen LogP contribution in [0.4, 0.5) is 0 Å². The number of aliphatic hydroxyl groups is 1. The zero-order valence-electron chi connectivity index (χ0n) is 11.4. The highest BCUT2D eigenvalue weighted by atomic mass is 16.3. The van der Waals surface area contributed by atoms with E-state index in [0.717, 1.165) is 12.8 Å². The summed E-state index contributed by atoms with van der Waals surface area (Å²) in [4.78, 5) is 14.4. The van der Waals surface area contributed by atoms with Crippen LogP contribution in [0.2, 0.25) is 0 Å². The van der Waals surface area contributed by atoms with Crippen molar-refractivity contribution >= 4 is 5.91 Å². The quantitative estimate of drug-likeness (QED) is 0.751. The molecular formula is C14H26N2O2. The van der Waals surface area contributed by atoms with Gasteiger partial charge in [-0.05, 0) is 32.6 Å². The van der Waals surface area contributed by atoms with Crippen LogP contribution in [-0.2, 0) is 4.79 Å². The summed E-state index contributed by atoms with van der Waals surface area (Å²) in [6.07, 6.45) is 8.37. The van der Waals surface area contributed by atoms with Gasteiger partial charge in [0, 0.05) is 18.6 Å². The molecule has 0 heterocycles. The lowest BCUT2D eigenvalue weighted by Gasteiger charge is -2.30. The van der Waals surface area contributed by atoms with Gasteiger partial charge >= 0.3 is 0 Å². The fourth-order valence-corrected chi connectivity index (χ4v) is 2.93. The number of nitrogens with one attached hydrogen (secondary N) is 1. The van der Waals surface area contributed by atoms with Crippen molar-refractivity contribution in [2.24, 2.45) is 0 Å². The molecule has 0 spiro atoms. The van der Waals surface area contributed by atoms with E-state index in [4.69, 9.17) is 5.11 Å². The van der Waals surface area contributed by atoms with Gasteiger partial charge in [0.05, 0.1) is 12.6 Å². The molecule has 0 saturated heterocycles. The van der Waals surface area contributed by atoms with Gasteiger partial charge in [0.25, 0.3) is 0 Å². The molecule has 0 aromatic carbocycles. The van der Waals surface area contributed by atoms with Gasteiger partial charge in [-0.1, -0.05) is 19.3 Å². The second-order valence-corrected chi connectivity index (χ2v) is 5.71. The van der Waals surface area contributed by atoms with Crippen LogP contribution in [0.1, 0.15) is 51.9 Å². The molecule has 2 aliphatic rings. The van der Waals surface area contributed by atoms with Gasteiger partial charge in [-0.2, -0.15) is 0 Å². The Morgan fingerprint density at radius 2 is 1.94 bits per heavy atom. The summed E-state index contributed by atoms with van der Waals surface area (Å²) in [5, 5.41) is 12.3. The molecule has 2 fully saturated rings. The van der Waals surface area contributed by atoms with E-state index < -0.39 is 0 Å². The molecule has 2 aliphatic carbocycles. The Kier molecular flexibility index (Phi) is 5.01. The monoisotopic (exact) mass is 254 g/mol. The molecule has 0 radical (unpaired) electrons. The third-order valence-electron chi connectivity index (χ3n) is 4.20. The number of carbonyl (C=O) groups is 1.